The molecule has 1 aliphatic heterocycles. The van der Waals surface area contributed by atoms with Gasteiger partial charge < -0.3 is 29.8 Å². The van der Waals surface area contributed by atoms with Crippen molar-refractivity contribution >= 4 is 23.5 Å². The minimum absolute atomic E-state index is 0.000290. The van der Waals surface area contributed by atoms with Crippen LogP contribution in [0.15, 0.2) is 60.0 Å². The van der Waals surface area contributed by atoms with Gasteiger partial charge in [-0.25, -0.2) is 4.79 Å². The van der Waals surface area contributed by atoms with Crippen molar-refractivity contribution in [2.45, 2.75) is 81.2 Å². The van der Waals surface area contributed by atoms with Gasteiger partial charge in [-0.1, -0.05) is 55.1 Å². The molecule has 10 heteroatoms. The van der Waals surface area contributed by atoms with Crippen LogP contribution in [0.3, 0.4) is 0 Å². The smallest absolute Gasteiger partial charge is 0.319 e. The molecule has 2 heterocycles. The van der Waals surface area contributed by atoms with E-state index in [9.17, 15) is 9.90 Å². The van der Waals surface area contributed by atoms with E-state index in [2.05, 4.69) is 27.8 Å². The first kappa shape index (κ1) is 28.8. The van der Waals surface area contributed by atoms with Crippen LogP contribution in [0.2, 0.25) is 0 Å². The van der Waals surface area contributed by atoms with Crippen LogP contribution < -0.4 is 10.6 Å². The maximum atomic E-state index is 13.3. The molecule has 0 unspecified atom stereocenters. The molecule has 4 atom stereocenters. The Kier molecular flexibility index (Phi) is 7.96. The second kappa shape index (κ2) is 11.9. The molecule has 9 nitrogen and oxygen atoms in total. The van der Waals surface area contributed by atoms with Crippen LogP contribution in [0.5, 0.6) is 0 Å². The van der Waals surface area contributed by atoms with Crippen LogP contribution in [-0.4, -0.2) is 43.3 Å². The molecule has 4 aliphatic carbocycles. The minimum Gasteiger partial charge on any atom is -0.392 e. The van der Waals surface area contributed by atoms with Gasteiger partial charge in [0.2, 0.25) is 0 Å². The van der Waals surface area contributed by atoms with Gasteiger partial charge in [0, 0.05) is 35.5 Å². The highest BCUT2D eigenvalue weighted by atomic mass is 32.2. The van der Waals surface area contributed by atoms with E-state index in [0.717, 1.165) is 64.6 Å². The second-order valence-corrected chi connectivity index (χ2v) is 14.2. The van der Waals surface area contributed by atoms with E-state index in [1.165, 1.54) is 19.3 Å². The van der Waals surface area contributed by atoms with E-state index in [-0.39, 0.29) is 36.3 Å². The SMILES string of the molecule is C[C@@H]1[C@H](CSc2nncn2C)O[C@H](c2cccc(NC(=O)NC34CC5CC(CC(C5)C3)C4)c2)O[C@@H]1c1ccc(CO)cc1. The second-order valence-electron chi connectivity index (χ2n) is 13.3. The number of urea groups is 1. The van der Waals surface area contributed by atoms with Crippen LogP contribution in [0, 0.1) is 23.7 Å². The van der Waals surface area contributed by atoms with Gasteiger partial charge in [0.05, 0.1) is 18.8 Å². The monoisotopic (exact) mass is 603 g/mol. The van der Waals surface area contributed by atoms with Crippen molar-refractivity contribution in [2.75, 3.05) is 11.1 Å². The van der Waals surface area contributed by atoms with Crippen molar-refractivity contribution in [3.8, 4) is 0 Å². The largest absolute Gasteiger partial charge is 0.392 e. The van der Waals surface area contributed by atoms with Crippen LogP contribution in [0.4, 0.5) is 10.5 Å². The van der Waals surface area contributed by atoms with Crippen LogP contribution in [0.1, 0.15) is 74.5 Å². The molecule has 228 valence electrons. The Morgan fingerprint density at radius 1 is 1.05 bits per heavy atom. The molecule has 4 saturated carbocycles. The van der Waals surface area contributed by atoms with E-state index in [0.29, 0.717) is 5.75 Å². The molecule has 3 aromatic rings. The summed E-state index contributed by atoms with van der Waals surface area (Å²) in [5, 5.41) is 25.1. The van der Waals surface area contributed by atoms with Crippen molar-refractivity contribution < 1.29 is 19.4 Å². The lowest BCUT2D eigenvalue weighted by Crippen LogP contribution is -2.60. The molecular formula is C33H41N5O4S. The maximum Gasteiger partial charge on any atom is 0.319 e. The number of amides is 2. The number of benzene rings is 2. The lowest BCUT2D eigenvalue weighted by atomic mass is 9.53. The van der Waals surface area contributed by atoms with Crippen molar-refractivity contribution in [3.63, 3.8) is 0 Å². The van der Waals surface area contributed by atoms with Crippen molar-refractivity contribution in [2.24, 2.45) is 30.7 Å². The molecule has 1 aromatic heterocycles. The Hall–Kier alpha value is -2.92. The highest BCUT2D eigenvalue weighted by Gasteiger charge is 2.51. The summed E-state index contributed by atoms with van der Waals surface area (Å²) in [6.07, 6.45) is 8.11. The van der Waals surface area contributed by atoms with E-state index >= 15 is 0 Å². The summed E-state index contributed by atoms with van der Waals surface area (Å²) in [6.45, 7) is 2.15. The number of nitrogens with zero attached hydrogens (tertiary/aromatic N) is 3. The lowest BCUT2D eigenvalue weighted by molar-refractivity contribution is -0.268. The van der Waals surface area contributed by atoms with Gasteiger partial charge in [-0.05, 0) is 79.5 Å². The van der Waals surface area contributed by atoms with Crippen molar-refractivity contribution in [1.29, 1.82) is 0 Å². The molecule has 8 rings (SSSR count). The predicted molar refractivity (Wildman–Crippen MR) is 164 cm³/mol. The Labute approximate surface area is 257 Å². The summed E-state index contributed by atoms with van der Waals surface area (Å²) in [6, 6.07) is 15.6. The standard InChI is InChI=1S/C33H41N5O4S/c1-20-28(18-43-32-37-34-19-38(32)2)41-30(42-29(20)25-8-6-21(17-39)7-9-25)26-4-3-5-27(13-26)35-31(40)36-33-14-22-10-23(15-33)12-24(11-22)16-33/h3-9,13,19-20,22-24,28-30,39H,10-12,14-18H2,1-2H3,(H2,35,36,40)/t20-,22?,23?,24?,28+,29+,30+,33?/m1/s1. The number of aryl methyl sites for hydroxylation is 1. The van der Waals surface area contributed by atoms with Crippen molar-refractivity contribution in [3.05, 3.63) is 71.5 Å². The number of anilines is 1. The van der Waals surface area contributed by atoms with E-state index in [4.69, 9.17) is 9.47 Å². The molecule has 2 amide bonds. The molecule has 0 radical (unpaired) electrons. The van der Waals surface area contributed by atoms with Gasteiger partial charge in [-0.3, -0.25) is 0 Å². The van der Waals surface area contributed by atoms with Crippen molar-refractivity contribution in [1.82, 2.24) is 20.1 Å². The van der Waals surface area contributed by atoms with Crippen LogP contribution >= 0.6 is 11.8 Å². The number of ether oxygens (including phenoxy) is 2. The number of hydrogen-bond acceptors (Lipinski definition) is 7. The Balaban J connectivity index is 1.08. The number of thioether (sulfide) groups is 1. The van der Waals surface area contributed by atoms with Gasteiger partial charge in [0.1, 0.15) is 6.33 Å². The third kappa shape index (κ3) is 6.07. The lowest BCUT2D eigenvalue weighted by Gasteiger charge is -2.56. The first-order valence-electron chi connectivity index (χ1n) is 15.5. The van der Waals surface area contributed by atoms with Gasteiger partial charge >= 0.3 is 6.03 Å². The van der Waals surface area contributed by atoms with Gasteiger partial charge in [0.25, 0.3) is 0 Å². The molecule has 5 aliphatic rings. The summed E-state index contributed by atoms with van der Waals surface area (Å²) in [7, 11) is 1.93. The number of aliphatic hydroxyl groups excluding tert-OH is 1. The highest BCUT2D eigenvalue weighted by Crippen LogP contribution is 2.55. The molecule has 0 spiro atoms. The Bertz CT molecular complexity index is 1410. The van der Waals surface area contributed by atoms with Gasteiger partial charge in [-0.15, -0.1) is 10.2 Å². The summed E-state index contributed by atoms with van der Waals surface area (Å²) in [5.74, 6) is 3.05. The highest BCUT2D eigenvalue weighted by molar-refractivity contribution is 7.99. The number of hydrogen-bond donors (Lipinski definition) is 3. The number of rotatable bonds is 8. The van der Waals surface area contributed by atoms with E-state index < -0.39 is 6.29 Å². The van der Waals surface area contributed by atoms with E-state index in [1.807, 2.05) is 60.1 Å². The van der Waals surface area contributed by atoms with Crippen LogP contribution in [-0.2, 0) is 23.1 Å². The van der Waals surface area contributed by atoms with Gasteiger partial charge in [-0.2, -0.15) is 0 Å². The quantitative estimate of drug-likeness (QED) is 0.272. The topological polar surface area (TPSA) is 111 Å². The fourth-order valence-electron chi connectivity index (χ4n) is 8.30. The zero-order valence-corrected chi connectivity index (χ0v) is 25.6. The minimum atomic E-state index is -0.614. The fraction of sp³-hybridized carbons (Fsp3) is 0.545. The molecule has 5 fully saturated rings. The zero-order valence-electron chi connectivity index (χ0n) is 24.8. The first-order valence-corrected chi connectivity index (χ1v) is 16.5. The summed E-state index contributed by atoms with van der Waals surface area (Å²) in [5.41, 5.74) is 3.43. The van der Waals surface area contributed by atoms with Crippen LogP contribution in [0.25, 0.3) is 0 Å². The predicted octanol–water partition coefficient (Wildman–Crippen LogP) is 5.98. The number of nitrogens with one attached hydrogen (secondary N) is 2. The van der Waals surface area contributed by atoms with Gasteiger partial charge in [0.15, 0.2) is 11.4 Å². The average molecular weight is 604 g/mol. The number of aliphatic hydroxyl groups is 1. The number of carbonyl (C=O) groups is 1. The summed E-state index contributed by atoms with van der Waals surface area (Å²) in [4.78, 5) is 13.3. The fourth-order valence-corrected chi connectivity index (χ4v) is 9.35. The zero-order chi connectivity index (χ0) is 29.6. The Morgan fingerprint density at radius 3 is 2.42 bits per heavy atom. The summed E-state index contributed by atoms with van der Waals surface area (Å²) < 4.78 is 15.1. The maximum absolute atomic E-state index is 13.3. The Morgan fingerprint density at radius 2 is 1.77 bits per heavy atom. The molecule has 4 bridgehead atoms. The average Bonchev–Trinajstić information content (AvgIpc) is 3.40. The number of carbonyl (C=O) groups excluding carboxylic acids is 1. The van der Waals surface area contributed by atoms with E-state index in [1.54, 1.807) is 18.1 Å². The molecule has 2 aromatic carbocycles. The molecule has 1 saturated heterocycles. The molecular weight excluding hydrogens is 562 g/mol. The number of aromatic nitrogens is 3. The third-order valence-electron chi connectivity index (χ3n) is 10.0. The summed E-state index contributed by atoms with van der Waals surface area (Å²) >= 11 is 1.61. The molecule has 43 heavy (non-hydrogen) atoms. The first-order chi connectivity index (χ1) is 20.9. The molecule has 3 N–H and O–H groups in total. The normalized spacial score (nSPS) is 33.0. The third-order valence-corrected chi connectivity index (χ3v) is 11.1.